The molecule has 0 unspecified atom stereocenters. The summed E-state index contributed by atoms with van der Waals surface area (Å²) in [6, 6.07) is 0. The maximum absolute atomic E-state index is 5.54. The zero-order valence-electron chi connectivity index (χ0n) is 13.3. The maximum Gasteiger partial charge on any atom is 0.0590 e. The summed E-state index contributed by atoms with van der Waals surface area (Å²) in [5.41, 5.74) is 0.551. The normalized spacial score (nSPS) is 20.4. The molecule has 0 atom stereocenters. The standard InChI is InChI=1S/C16H34N2O/c1-4-5-14-19-15-10-17-9-13-18-11-6-7-16(2,3)8-12-18/h17H,4-15H2,1-3H3. The molecule has 0 saturated carbocycles. The van der Waals surface area contributed by atoms with Crippen LogP contribution in [0.15, 0.2) is 0 Å². The van der Waals surface area contributed by atoms with Gasteiger partial charge in [0.2, 0.25) is 0 Å². The molecule has 3 heteroatoms. The van der Waals surface area contributed by atoms with Crippen LogP contribution in [0, 0.1) is 5.41 Å². The van der Waals surface area contributed by atoms with E-state index in [-0.39, 0.29) is 0 Å². The fourth-order valence-corrected chi connectivity index (χ4v) is 2.56. The first-order chi connectivity index (χ1) is 9.14. The van der Waals surface area contributed by atoms with E-state index in [1.807, 2.05) is 0 Å². The summed E-state index contributed by atoms with van der Waals surface area (Å²) in [4.78, 5) is 2.61. The summed E-state index contributed by atoms with van der Waals surface area (Å²) in [7, 11) is 0. The van der Waals surface area contributed by atoms with Crippen molar-refractivity contribution in [2.24, 2.45) is 5.41 Å². The molecule has 3 nitrogen and oxygen atoms in total. The average Bonchev–Trinajstić information content (AvgIpc) is 2.54. The Morgan fingerprint density at radius 1 is 1.11 bits per heavy atom. The Bertz CT molecular complexity index is 219. The molecule has 0 aromatic heterocycles. The van der Waals surface area contributed by atoms with Crippen LogP contribution in [-0.4, -0.2) is 50.8 Å². The zero-order valence-corrected chi connectivity index (χ0v) is 13.3. The molecule has 1 N–H and O–H groups in total. The number of hydrogen-bond donors (Lipinski definition) is 1. The predicted octanol–water partition coefficient (Wildman–Crippen LogP) is 2.90. The van der Waals surface area contributed by atoms with E-state index in [9.17, 15) is 0 Å². The number of nitrogens with one attached hydrogen (secondary N) is 1. The van der Waals surface area contributed by atoms with E-state index in [1.165, 1.54) is 51.7 Å². The zero-order chi connectivity index (χ0) is 14.0. The lowest BCUT2D eigenvalue weighted by atomic mass is 9.85. The van der Waals surface area contributed by atoms with Gasteiger partial charge in [0.25, 0.3) is 0 Å². The molecule has 0 aliphatic carbocycles. The highest BCUT2D eigenvalue weighted by molar-refractivity contribution is 4.76. The molecule has 1 aliphatic heterocycles. The molecule has 0 aromatic rings. The number of unbranched alkanes of at least 4 members (excludes halogenated alkanes) is 1. The third-order valence-corrected chi connectivity index (χ3v) is 4.10. The summed E-state index contributed by atoms with van der Waals surface area (Å²) in [5, 5.41) is 3.48. The summed E-state index contributed by atoms with van der Waals surface area (Å²) in [6.07, 6.45) is 6.48. The van der Waals surface area contributed by atoms with Gasteiger partial charge in [-0.05, 0) is 44.2 Å². The van der Waals surface area contributed by atoms with Gasteiger partial charge in [-0.15, -0.1) is 0 Å². The molecular formula is C16H34N2O. The van der Waals surface area contributed by atoms with Crippen LogP contribution < -0.4 is 5.32 Å². The Morgan fingerprint density at radius 2 is 1.95 bits per heavy atom. The van der Waals surface area contributed by atoms with Crippen LogP contribution in [0.2, 0.25) is 0 Å². The SMILES string of the molecule is CCCCOCCNCCN1CCCC(C)(C)CC1. The second-order valence-corrected chi connectivity index (χ2v) is 6.58. The smallest absolute Gasteiger partial charge is 0.0590 e. The molecule has 0 spiro atoms. The second kappa shape index (κ2) is 9.73. The first kappa shape index (κ1) is 16.9. The Kier molecular flexibility index (Phi) is 8.67. The topological polar surface area (TPSA) is 24.5 Å². The highest BCUT2D eigenvalue weighted by atomic mass is 16.5. The van der Waals surface area contributed by atoms with E-state index in [1.54, 1.807) is 0 Å². The summed E-state index contributed by atoms with van der Waals surface area (Å²) in [6.45, 7) is 14.6. The van der Waals surface area contributed by atoms with Crippen molar-refractivity contribution in [1.29, 1.82) is 0 Å². The van der Waals surface area contributed by atoms with Gasteiger partial charge in [-0.25, -0.2) is 0 Å². The van der Waals surface area contributed by atoms with Gasteiger partial charge in [0.15, 0.2) is 0 Å². The molecular weight excluding hydrogens is 236 g/mol. The van der Waals surface area contributed by atoms with Gasteiger partial charge < -0.3 is 15.0 Å². The van der Waals surface area contributed by atoms with Crippen LogP contribution in [-0.2, 0) is 4.74 Å². The maximum atomic E-state index is 5.54. The third kappa shape index (κ3) is 8.61. The molecule has 0 radical (unpaired) electrons. The van der Waals surface area contributed by atoms with Crippen LogP contribution >= 0.6 is 0 Å². The number of nitrogens with zero attached hydrogens (tertiary/aromatic N) is 1. The quantitative estimate of drug-likeness (QED) is 0.652. The van der Waals surface area contributed by atoms with Crippen molar-refractivity contribution < 1.29 is 4.74 Å². The molecule has 0 aromatic carbocycles. The molecule has 114 valence electrons. The van der Waals surface area contributed by atoms with Crippen molar-refractivity contribution in [2.75, 3.05) is 45.9 Å². The van der Waals surface area contributed by atoms with Crippen LogP contribution in [0.4, 0.5) is 0 Å². The van der Waals surface area contributed by atoms with Crippen molar-refractivity contribution in [2.45, 2.75) is 52.9 Å². The van der Waals surface area contributed by atoms with Crippen LogP contribution in [0.1, 0.15) is 52.9 Å². The lowest BCUT2D eigenvalue weighted by Gasteiger charge is -2.23. The highest BCUT2D eigenvalue weighted by Crippen LogP contribution is 2.29. The van der Waals surface area contributed by atoms with E-state index in [2.05, 4.69) is 31.0 Å². The highest BCUT2D eigenvalue weighted by Gasteiger charge is 2.22. The van der Waals surface area contributed by atoms with Crippen molar-refractivity contribution in [3.63, 3.8) is 0 Å². The lowest BCUT2D eigenvalue weighted by molar-refractivity contribution is 0.132. The van der Waals surface area contributed by atoms with Crippen LogP contribution in [0.3, 0.4) is 0 Å². The fraction of sp³-hybridized carbons (Fsp3) is 1.00. The monoisotopic (exact) mass is 270 g/mol. The molecule has 1 fully saturated rings. The number of hydrogen-bond acceptors (Lipinski definition) is 3. The van der Waals surface area contributed by atoms with E-state index < -0.39 is 0 Å². The number of ether oxygens (including phenoxy) is 1. The summed E-state index contributed by atoms with van der Waals surface area (Å²) in [5.74, 6) is 0. The molecule has 1 aliphatic rings. The van der Waals surface area contributed by atoms with E-state index in [0.717, 1.165) is 26.3 Å². The van der Waals surface area contributed by atoms with Gasteiger partial charge in [0.1, 0.15) is 0 Å². The van der Waals surface area contributed by atoms with Crippen molar-refractivity contribution in [3.05, 3.63) is 0 Å². The molecule has 1 saturated heterocycles. The minimum Gasteiger partial charge on any atom is -0.380 e. The Labute approximate surface area is 120 Å². The molecule has 0 bridgehead atoms. The summed E-state index contributed by atoms with van der Waals surface area (Å²) < 4.78 is 5.54. The van der Waals surface area contributed by atoms with Crippen LogP contribution in [0.5, 0.6) is 0 Å². The predicted molar refractivity (Wildman–Crippen MR) is 82.7 cm³/mol. The van der Waals surface area contributed by atoms with Crippen molar-refractivity contribution in [3.8, 4) is 0 Å². The van der Waals surface area contributed by atoms with E-state index >= 15 is 0 Å². The summed E-state index contributed by atoms with van der Waals surface area (Å²) >= 11 is 0. The van der Waals surface area contributed by atoms with Gasteiger partial charge in [-0.1, -0.05) is 27.2 Å². The second-order valence-electron chi connectivity index (χ2n) is 6.58. The number of rotatable bonds is 9. The average molecular weight is 270 g/mol. The van der Waals surface area contributed by atoms with Crippen molar-refractivity contribution >= 4 is 0 Å². The number of likely N-dealkylation sites (tertiary alicyclic amines) is 1. The van der Waals surface area contributed by atoms with Gasteiger partial charge in [0, 0.05) is 26.2 Å². The molecule has 1 heterocycles. The fourth-order valence-electron chi connectivity index (χ4n) is 2.56. The first-order valence-electron chi connectivity index (χ1n) is 8.15. The van der Waals surface area contributed by atoms with Crippen LogP contribution in [0.25, 0.3) is 0 Å². The largest absolute Gasteiger partial charge is 0.380 e. The molecule has 19 heavy (non-hydrogen) atoms. The van der Waals surface area contributed by atoms with E-state index in [0.29, 0.717) is 5.41 Å². The van der Waals surface area contributed by atoms with Gasteiger partial charge in [0.05, 0.1) is 6.61 Å². The van der Waals surface area contributed by atoms with Gasteiger partial charge in [-0.3, -0.25) is 0 Å². The Balaban J connectivity index is 1.94. The Morgan fingerprint density at radius 3 is 2.74 bits per heavy atom. The van der Waals surface area contributed by atoms with Gasteiger partial charge in [-0.2, -0.15) is 0 Å². The minimum absolute atomic E-state index is 0.551. The minimum atomic E-state index is 0.551. The van der Waals surface area contributed by atoms with Gasteiger partial charge >= 0.3 is 0 Å². The molecule has 0 amide bonds. The molecule has 1 rings (SSSR count). The Hall–Kier alpha value is -0.120. The lowest BCUT2D eigenvalue weighted by Crippen LogP contribution is -2.34. The van der Waals surface area contributed by atoms with Crippen molar-refractivity contribution in [1.82, 2.24) is 10.2 Å². The third-order valence-electron chi connectivity index (χ3n) is 4.10. The first-order valence-corrected chi connectivity index (χ1v) is 8.15. The van der Waals surface area contributed by atoms with E-state index in [4.69, 9.17) is 4.74 Å².